The van der Waals surface area contributed by atoms with Crippen LogP contribution < -0.4 is 15.5 Å². The number of anilines is 2. The van der Waals surface area contributed by atoms with Crippen LogP contribution in [-0.4, -0.2) is 90.5 Å². The summed E-state index contributed by atoms with van der Waals surface area (Å²) in [6, 6.07) is 10.1. The Hall–Kier alpha value is -3.37. The van der Waals surface area contributed by atoms with E-state index in [9.17, 15) is 9.18 Å². The van der Waals surface area contributed by atoms with Crippen LogP contribution >= 0.6 is 0 Å². The van der Waals surface area contributed by atoms with Crippen LogP contribution in [0.25, 0.3) is 22.3 Å². The zero-order valence-electron chi connectivity index (χ0n) is 19.8. The van der Waals surface area contributed by atoms with Crippen molar-refractivity contribution in [1.82, 2.24) is 25.2 Å². The molecule has 0 aliphatic carbocycles. The number of hydrogen-bond acceptors (Lipinski definition) is 8. The van der Waals surface area contributed by atoms with E-state index in [2.05, 4.69) is 44.6 Å². The van der Waals surface area contributed by atoms with E-state index >= 15 is 0 Å². The van der Waals surface area contributed by atoms with Crippen molar-refractivity contribution >= 4 is 28.4 Å². The molecule has 0 spiro atoms. The highest BCUT2D eigenvalue weighted by Gasteiger charge is 2.28. The lowest BCUT2D eigenvalue weighted by atomic mass is 10.1. The largest absolute Gasteiger partial charge is 0.371 e. The monoisotopic (exact) mass is 479 g/mol. The van der Waals surface area contributed by atoms with Crippen LogP contribution in [0.5, 0.6) is 0 Å². The van der Waals surface area contributed by atoms with Gasteiger partial charge in [-0.25, -0.2) is 14.4 Å². The second-order valence-electron chi connectivity index (χ2n) is 9.16. The summed E-state index contributed by atoms with van der Waals surface area (Å²) in [5.74, 6) is 0.244. The predicted molar refractivity (Wildman–Crippen MR) is 133 cm³/mol. The van der Waals surface area contributed by atoms with Gasteiger partial charge in [-0.2, -0.15) is 0 Å². The predicted octanol–water partition coefficient (Wildman–Crippen LogP) is 2.10. The Morgan fingerprint density at radius 1 is 1.17 bits per heavy atom. The molecule has 1 atom stereocenters. The van der Waals surface area contributed by atoms with Crippen molar-refractivity contribution in [3.05, 3.63) is 42.7 Å². The molecule has 2 fully saturated rings. The molecule has 2 aliphatic rings. The number of amides is 1. The molecule has 0 radical (unpaired) electrons. The van der Waals surface area contributed by atoms with E-state index in [4.69, 9.17) is 9.72 Å². The van der Waals surface area contributed by atoms with Crippen molar-refractivity contribution < 1.29 is 13.9 Å². The van der Waals surface area contributed by atoms with Crippen LogP contribution in [0.1, 0.15) is 6.92 Å². The molecule has 2 aliphatic heterocycles. The number of piperazine rings is 1. The Morgan fingerprint density at radius 3 is 2.66 bits per heavy atom. The number of carbonyl (C=O) groups excluding carboxylic acids is 1. The Kier molecular flexibility index (Phi) is 6.74. The number of nitrogens with zero attached hydrogens (tertiary/aromatic N) is 5. The molecule has 184 valence electrons. The van der Waals surface area contributed by atoms with E-state index in [0.29, 0.717) is 45.1 Å². The van der Waals surface area contributed by atoms with Crippen LogP contribution in [0.4, 0.5) is 15.9 Å². The van der Waals surface area contributed by atoms with Gasteiger partial charge in [0, 0.05) is 69.5 Å². The standard InChI is InChI=1S/C25H30FN7O2/c1-25(16-27-8-13-35-25)17-30-24-23-21(28-6-7-29-23)14-20(31-24)18-2-4-19(5-3-18)32-9-11-33(12-10-32)22(34)15-26/h2-7,14,27H,8-13,15-17H2,1H3,(H,30,31). The number of alkyl halides is 1. The molecule has 4 heterocycles. The number of morpholine rings is 1. The van der Waals surface area contributed by atoms with Gasteiger partial charge in [-0.3, -0.25) is 9.78 Å². The lowest BCUT2D eigenvalue weighted by Crippen LogP contribution is -2.51. The van der Waals surface area contributed by atoms with Gasteiger partial charge < -0.3 is 25.2 Å². The Labute approximate surface area is 203 Å². The fourth-order valence-corrected chi connectivity index (χ4v) is 4.54. The maximum absolute atomic E-state index is 12.7. The highest BCUT2D eigenvalue weighted by molar-refractivity contribution is 5.88. The van der Waals surface area contributed by atoms with Gasteiger partial charge in [-0.1, -0.05) is 12.1 Å². The number of nitrogens with one attached hydrogen (secondary N) is 2. The minimum Gasteiger partial charge on any atom is -0.371 e. The molecule has 2 N–H and O–H groups in total. The molecular formula is C25H30FN7O2. The molecule has 0 saturated carbocycles. The first-order valence-corrected chi connectivity index (χ1v) is 11.9. The molecule has 9 nitrogen and oxygen atoms in total. The van der Waals surface area contributed by atoms with Crippen molar-refractivity contribution in [1.29, 1.82) is 0 Å². The third kappa shape index (κ3) is 5.18. The topological polar surface area (TPSA) is 95.5 Å². The Bertz CT molecular complexity index is 1180. The summed E-state index contributed by atoms with van der Waals surface area (Å²) < 4.78 is 18.6. The fourth-order valence-electron chi connectivity index (χ4n) is 4.54. The van der Waals surface area contributed by atoms with Gasteiger partial charge in [0.15, 0.2) is 12.5 Å². The van der Waals surface area contributed by atoms with Crippen molar-refractivity contribution in [3.63, 3.8) is 0 Å². The first-order chi connectivity index (χ1) is 17.0. The summed E-state index contributed by atoms with van der Waals surface area (Å²) in [6.45, 7) is 6.47. The number of halogens is 1. The molecule has 2 aromatic heterocycles. The molecule has 1 aromatic carbocycles. The molecular weight excluding hydrogens is 449 g/mol. The van der Waals surface area contributed by atoms with Crippen LogP contribution in [-0.2, 0) is 9.53 Å². The van der Waals surface area contributed by atoms with Gasteiger partial charge in [-0.05, 0) is 25.1 Å². The summed E-state index contributed by atoms with van der Waals surface area (Å²) in [6.07, 6.45) is 3.35. The molecule has 2 saturated heterocycles. The molecule has 1 unspecified atom stereocenters. The average molecular weight is 480 g/mol. The van der Waals surface area contributed by atoms with Gasteiger partial charge in [0.05, 0.1) is 23.4 Å². The third-order valence-corrected chi connectivity index (χ3v) is 6.59. The van der Waals surface area contributed by atoms with E-state index in [0.717, 1.165) is 41.1 Å². The maximum Gasteiger partial charge on any atom is 0.254 e. The smallest absolute Gasteiger partial charge is 0.254 e. The highest BCUT2D eigenvalue weighted by atomic mass is 19.1. The van der Waals surface area contributed by atoms with E-state index in [1.807, 2.05) is 18.2 Å². The Balaban J connectivity index is 1.34. The first-order valence-electron chi connectivity index (χ1n) is 11.9. The van der Waals surface area contributed by atoms with Crippen molar-refractivity contribution in [2.24, 2.45) is 0 Å². The van der Waals surface area contributed by atoms with Gasteiger partial charge in [0.2, 0.25) is 0 Å². The minimum absolute atomic E-state index is 0.328. The van der Waals surface area contributed by atoms with E-state index < -0.39 is 12.6 Å². The zero-order valence-corrected chi connectivity index (χ0v) is 19.8. The van der Waals surface area contributed by atoms with Crippen LogP contribution in [0, 0.1) is 0 Å². The van der Waals surface area contributed by atoms with Crippen molar-refractivity contribution in [2.45, 2.75) is 12.5 Å². The number of rotatable bonds is 6. The lowest BCUT2D eigenvalue weighted by molar-refractivity contribution is -0.132. The van der Waals surface area contributed by atoms with Crippen molar-refractivity contribution in [2.75, 3.05) is 69.3 Å². The fraction of sp³-hybridized carbons (Fsp3) is 0.440. The van der Waals surface area contributed by atoms with E-state index in [1.165, 1.54) is 0 Å². The Morgan fingerprint density at radius 2 is 1.94 bits per heavy atom. The molecule has 10 heteroatoms. The molecule has 3 aromatic rings. The molecule has 35 heavy (non-hydrogen) atoms. The number of fused-ring (bicyclic) bond motifs is 1. The average Bonchev–Trinajstić information content (AvgIpc) is 2.92. The highest BCUT2D eigenvalue weighted by Crippen LogP contribution is 2.28. The maximum atomic E-state index is 12.7. The van der Waals surface area contributed by atoms with Crippen molar-refractivity contribution in [3.8, 4) is 11.3 Å². The quantitative estimate of drug-likeness (QED) is 0.555. The summed E-state index contributed by atoms with van der Waals surface area (Å²) in [7, 11) is 0. The van der Waals surface area contributed by atoms with Crippen LogP contribution in [0.15, 0.2) is 42.7 Å². The number of aromatic nitrogens is 3. The van der Waals surface area contributed by atoms with Crippen LogP contribution in [0.3, 0.4) is 0 Å². The number of hydrogen-bond donors (Lipinski definition) is 2. The third-order valence-electron chi connectivity index (χ3n) is 6.59. The van der Waals surface area contributed by atoms with Gasteiger partial charge in [0.25, 0.3) is 5.91 Å². The van der Waals surface area contributed by atoms with Gasteiger partial charge in [0.1, 0.15) is 5.52 Å². The lowest BCUT2D eigenvalue weighted by Gasteiger charge is -2.35. The minimum atomic E-state index is -0.933. The second kappa shape index (κ2) is 10.1. The van der Waals surface area contributed by atoms with E-state index in [-0.39, 0.29) is 5.60 Å². The second-order valence-corrected chi connectivity index (χ2v) is 9.16. The number of ether oxygens (including phenoxy) is 1. The summed E-state index contributed by atoms with van der Waals surface area (Å²) in [4.78, 5) is 29.3. The van der Waals surface area contributed by atoms with E-state index in [1.54, 1.807) is 17.3 Å². The van der Waals surface area contributed by atoms with Crippen LogP contribution in [0.2, 0.25) is 0 Å². The molecule has 0 bridgehead atoms. The molecule has 1 amide bonds. The SMILES string of the molecule is CC1(CNc2nc(-c3ccc(N4CCN(C(=O)CF)CC4)cc3)cc3nccnc23)CNCCO1. The number of carbonyl (C=O) groups is 1. The normalized spacial score (nSPS) is 20.7. The summed E-state index contributed by atoms with van der Waals surface area (Å²) >= 11 is 0. The zero-order chi connectivity index (χ0) is 24.3. The molecule has 5 rings (SSSR count). The number of benzene rings is 1. The number of pyridine rings is 1. The summed E-state index contributed by atoms with van der Waals surface area (Å²) in [5.41, 5.74) is 4.00. The van der Waals surface area contributed by atoms with Gasteiger partial charge in [-0.15, -0.1) is 0 Å². The first kappa shape index (κ1) is 23.4. The summed E-state index contributed by atoms with van der Waals surface area (Å²) in [5, 5.41) is 6.82. The van der Waals surface area contributed by atoms with Gasteiger partial charge >= 0.3 is 0 Å².